The predicted octanol–water partition coefficient (Wildman–Crippen LogP) is 3.38. The highest BCUT2D eigenvalue weighted by Crippen LogP contribution is 2.39. The highest BCUT2D eigenvalue weighted by molar-refractivity contribution is 4.84. The second-order valence-corrected chi connectivity index (χ2v) is 5.95. The third-order valence-electron chi connectivity index (χ3n) is 4.27. The van der Waals surface area contributed by atoms with Gasteiger partial charge in [0, 0.05) is 20.3 Å². The Labute approximate surface area is 119 Å². The molecule has 0 aromatic heterocycles. The molecule has 114 valence electrons. The molecular weight excluding hydrogens is 238 g/mol. The third kappa shape index (κ3) is 7.28. The molecule has 0 amide bonds. The highest BCUT2D eigenvalue weighted by Gasteiger charge is 2.30. The van der Waals surface area contributed by atoms with Gasteiger partial charge in [-0.25, -0.2) is 0 Å². The fourth-order valence-electron chi connectivity index (χ4n) is 3.14. The molecule has 0 aliphatic heterocycles. The van der Waals surface area contributed by atoms with Gasteiger partial charge >= 0.3 is 0 Å². The number of hydrogen-bond donors (Lipinski definition) is 1. The fourth-order valence-corrected chi connectivity index (χ4v) is 3.14. The molecule has 1 aliphatic carbocycles. The molecule has 0 bridgehead atoms. The highest BCUT2D eigenvalue weighted by atomic mass is 16.5. The number of nitrogens with one attached hydrogen (secondary N) is 1. The van der Waals surface area contributed by atoms with E-state index in [9.17, 15) is 0 Å². The summed E-state index contributed by atoms with van der Waals surface area (Å²) in [6, 6.07) is 0. The van der Waals surface area contributed by atoms with Gasteiger partial charge in [0.25, 0.3) is 0 Å². The van der Waals surface area contributed by atoms with Crippen molar-refractivity contribution in [3.63, 3.8) is 0 Å². The van der Waals surface area contributed by atoms with Crippen molar-refractivity contribution in [2.45, 2.75) is 58.3 Å². The molecule has 0 atom stereocenters. The van der Waals surface area contributed by atoms with Crippen LogP contribution in [0.4, 0.5) is 0 Å². The molecule has 0 heterocycles. The maximum Gasteiger partial charge on any atom is 0.0700 e. The Balaban J connectivity index is 2.20. The predicted molar refractivity (Wildman–Crippen MR) is 80.6 cm³/mol. The van der Waals surface area contributed by atoms with Crippen LogP contribution in [0.2, 0.25) is 0 Å². The van der Waals surface area contributed by atoms with Crippen molar-refractivity contribution in [2.75, 3.05) is 40.0 Å². The minimum Gasteiger partial charge on any atom is -0.382 e. The van der Waals surface area contributed by atoms with Crippen LogP contribution in [0.5, 0.6) is 0 Å². The van der Waals surface area contributed by atoms with Crippen molar-refractivity contribution in [3.05, 3.63) is 0 Å². The minimum absolute atomic E-state index is 0.554. The molecule has 3 heteroatoms. The van der Waals surface area contributed by atoms with Gasteiger partial charge in [-0.15, -0.1) is 0 Å². The van der Waals surface area contributed by atoms with Gasteiger partial charge in [0.2, 0.25) is 0 Å². The van der Waals surface area contributed by atoms with Crippen LogP contribution >= 0.6 is 0 Å². The van der Waals surface area contributed by atoms with E-state index in [1.165, 1.54) is 57.9 Å². The van der Waals surface area contributed by atoms with E-state index in [1.54, 1.807) is 7.11 Å². The summed E-state index contributed by atoms with van der Waals surface area (Å²) in [5.74, 6) is 0. The van der Waals surface area contributed by atoms with Crippen molar-refractivity contribution in [1.82, 2.24) is 5.32 Å². The standard InChI is InChI=1S/C16H33NO2/c1-3-11-17-15-16(8-5-4-6-9-16)10-7-12-19-14-13-18-2/h17H,3-15H2,1-2H3. The lowest BCUT2D eigenvalue weighted by atomic mass is 9.71. The van der Waals surface area contributed by atoms with Crippen molar-refractivity contribution in [1.29, 1.82) is 0 Å². The van der Waals surface area contributed by atoms with Gasteiger partial charge in [-0.3, -0.25) is 0 Å². The Hall–Kier alpha value is -0.120. The Morgan fingerprint density at radius 3 is 2.53 bits per heavy atom. The van der Waals surface area contributed by atoms with Crippen molar-refractivity contribution >= 4 is 0 Å². The van der Waals surface area contributed by atoms with Gasteiger partial charge in [0.15, 0.2) is 0 Å². The minimum atomic E-state index is 0.554. The van der Waals surface area contributed by atoms with Crippen LogP contribution in [0.25, 0.3) is 0 Å². The summed E-state index contributed by atoms with van der Waals surface area (Å²) in [5.41, 5.74) is 0.554. The van der Waals surface area contributed by atoms with Gasteiger partial charge in [0.1, 0.15) is 0 Å². The zero-order valence-corrected chi connectivity index (χ0v) is 13.0. The number of ether oxygens (including phenoxy) is 2. The summed E-state index contributed by atoms with van der Waals surface area (Å²) in [7, 11) is 1.72. The van der Waals surface area contributed by atoms with E-state index in [4.69, 9.17) is 9.47 Å². The third-order valence-corrected chi connectivity index (χ3v) is 4.27. The van der Waals surface area contributed by atoms with E-state index in [0.29, 0.717) is 12.0 Å². The SMILES string of the molecule is CCCNCC1(CCCOCCOC)CCCCC1. The normalized spacial score (nSPS) is 18.6. The smallest absolute Gasteiger partial charge is 0.0700 e. The van der Waals surface area contributed by atoms with Gasteiger partial charge in [-0.2, -0.15) is 0 Å². The lowest BCUT2D eigenvalue weighted by Crippen LogP contribution is -2.36. The zero-order valence-electron chi connectivity index (χ0n) is 13.0. The molecule has 0 aromatic rings. The fraction of sp³-hybridized carbons (Fsp3) is 1.00. The summed E-state index contributed by atoms with van der Waals surface area (Å²) >= 11 is 0. The Morgan fingerprint density at radius 1 is 1.05 bits per heavy atom. The number of rotatable bonds is 11. The van der Waals surface area contributed by atoms with Gasteiger partial charge in [-0.1, -0.05) is 26.2 Å². The first-order chi connectivity index (χ1) is 9.33. The Bertz CT molecular complexity index is 203. The van der Waals surface area contributed by atoms with Crippen LogP contribution < -0.4 is 5.32 Å². The molecule has 1 fully saturated rings. The molecular formula is C16H33NO2. The van der Waals surface area contributed by atoms with Gasteiger partial charge in [-0.05, 0) is 44.1 Å². The average Bonchev–Trinajstić information content (AvgIpc) is 2.44. The first-order valence-electron chi connectivity index (χ1n) is 8.10. The lowest BCUT2D eigenvalue weighted by Gasteiger charge is -2.38. The Kier molecular flexibility index (Phi) is 9.48. The van der Waals surface area contributed by atoms with Crippen LogP contribution in [-0.2, 0) is 9.47 Å². The summed E-state index contributed by atoms with van der Waals surface area (Å²) in [6.45, 7) is 6.94. The van der Waals surface area contributed by atoms with Crippen molar-refractivity contribution in [2.24, 2.45) is 5.41 Å². The molecule has 0 radical (unpaired) electrons. The maximum absolute atomic E-state index is 5.59. The summed E-state index contributed by atoms with van der Waals surface area (Å²) in [6.07, 6.45) is 10.8. The average molecular weight is 271 g/mol. The van der Waals surface area contributed by atoms with E-state index in [-0.39, 0.29) is 0 Å². The lowest BCUT2D eigenvalue weighted by molar-refractivity contribution is 0.0594. The van der Waals surface area contributed by atoms with Gasteiger partial charge < -0.3 is 14.8 Å². The van der Waals surface area contributed by atoms with Crippen molar-refractivity contribution in [3.8, 4) is 0 Å². The van der Waals surface area contributed by atoms with Crippen molar-refractivity contribution < 1.29 is 9.47 Å². The summed E-state index contributed by atoms with van der Waals surface area (Å²) in [5, 5.41) is 3.65. The second kappa shape index (κ2) is 10.6. The van der Waals surface area contributed by atoms with E-state index < -0.39 is 0 Å². The molecule has 0 aromatic carbocycles. The van der Waals surface area contributed by atoms with Crippen LogP contribution in [-0.4, -0.2) is 40.0 Å². The monoisotopic (exact) mass is 271 g/mol. The first-order valence-corrected chi connectivity index (χ1v) is 8.10. The largest absolute Gasteiger partial charge is 0.382 e. The molecule has 1 saturated carbocycles. The second-order valence-electron chi connectivity index (χ2n) is 5.95. The molecule has 1 aliphatic rings. The van der Waals surface area contributed by atoms with E-state index in [2.05, 4.69) is 12.2 Å². The molecule has 3 nitrogen and oxygen atoms in total. The molecule has 0 saturated heterocycles. The molecule has 0 spiro atoms. The number of hydrogen-bond acceptors (Lipinski definition) is 3. The van der Waals surface area contributed by atoms with Gasteiger partial charge in [0.05, 0.1) is 13.2 Å². The summed E-state index contributed by atoms with van der Waals surface area (Å²) in [4.78, 5) is 0. The van der Waals surface area contributed by atoms with E-state index >= 15 is 0 Å². The van der Waals surface area contributed by atoms with Crippen LogP contribution in [0.15, 0.2) is 0 Å². The molecule has 1 rings (SSSR count). The van der Waals surface area contributed by atoms with Crippen LogP contribution in [0.3, 0.4) is 0 Å². The zero-order chi connectivity index (χ0) is 13.8. The van der Waals surface area contributed by atoms with E-state index in [0.717, 1.165) is 19.8 Å². The topological polar surface area (TPSA) is 30.5 Å². The molecule has 0 unspecified atom stereocenters. The molecule has 19 heavy (non-hydrogen) atoms. The number of methoxy groups -OCH3 is 1. The Morgan fingerprint density at radius 2 is 1.84 bits per heavy atom. The van der Waals surface area contributed by atoms with Crippen LogP contribution in [0.1, 0.15) is 58.3 Å². The maximum atomic E-state index is 5.59. The van der Waals surface area contributed by atoms with Crippen LogP contribution in [0, 0.1) is 5.41 Å². The van der Waals surface area contributed by atoms with E-state index in [1.807, 2.05) is 0 Å². The summed E-state index contributed by atoms with van der Waals surface area (Å²) < 4.78 is 10.6. The first kappa shape index (κ1) is 16.9. The quantitative estimate of drug-likeness (QED) is 0.584. The molecule has 1 N–H and O–H groups in total.